The molecule has 5 heteroatoms. The van der Waals surface area contributed by atoms with Crippen LogP contribution >= 0.6 is 0 Å². The summed E-state index contributed by atoms with van der Waals surface area (Å²) in [5.74, 6) is 1.25. The Labute approximate surface area is 139 Å². The van der Waals surface area contributed by atoms with Gasteiger partial charge in [0.15, 0.2) is 5.65 Å². The van der Waals surface area contributed by atoms with Crippen molar-refractivity contribution in [2.45, 2.75) is 31.6 Å². The molecule has 2 fully saturated rings. The lowest BCUT2D eigenvalue weighted by molar-refractivity contribution is 0.630. The number of benzene rings is 1. The van der Waals surface area contributed by atoms with Crippen LogP contribution in [-0.4, -0.2) is 27.7 Å². The van der Waals surface area contributed by atoms with Crippen LogP contribution in [0.5, 0.6) is 0 Å². The van der Waals surface area contributed by atoms with E-state index in [2.05, 4.69) is 10.00 Å². The van der Waals surface area contributed by atoms with E-state index in [1.807, 2.05) is 28.9 Å². The number of hydrogen-bond donors (Lipinski definition) is 0. The van der Waals surface area contributed by atoms with Crippen molar-refractivity contribution in [1.82, 2.24) is 14.6 Å². The number of nitrogens with zero attached hydrogens (tertiary/aromatic N) is 4. The molecule has 0 spiro atoms. The number of halogens is 1. The first-order chi connectivity index (χ1) is 11.8. The highest BCUT2D eigenvalue weighted by molar-refractivity contribution is 5.73. The van der Waals surface area contributed by atoms with Crippen molar-refractivity contribution in [2.75, 3.05) is 18.0 Å². The van der Waals surface area contributed by atoms with E-state index in [1.165, 1.54) is 18.9 Å². The van der Waals surface area contributed by atoms with Gasteiger partial charge in [-0.2, -0.15) is 5.10 Å². The van der Waals surface area contributed by atoms with Gasteiger partial charge in [-0.3, -0.25) is 0 Å². The molecular formula is C19H19FN4. The maximum atomic E-state index is 14.3. The summed E-state index contributed by atoms with van der Waals surface area (Å²) < 4.78 is 16.1. The first-order valence-corrected chi connectivity index (χ1v) is 8.70. The fourth-order valence-corrected chi connectivity index (χ4v) is 3.66. The van der Waals surface area contributed by atoms with Gasteiger partial charge in [-0.05, 0) is 49.8 Å². The third kappa shape index (κ3) is 2.19. The molecule has 3 heterocycles. The summed E-state index contributed by atoms with van der Waals surface area (Å²) in [6, 6.07) is 8.91. The van der Waals surface area contributed by atoms with Gasteiger partial charge in [0.2, 0.25) is 0 Å². The monoisotopic (exact) mass is 322 g/mol. The van der Waals surface area contributed by atoms with E-state index in [4.69, 9.17) is 4.98 Å². The lowest BCUT2D eigenvalue weighted by Crippen LogP contribution is -2.19. The third-order valence-electron chi connectivity index (χ3n) is 5.05. The van der Waals surface area contributed by atoms with Gasteiger partial charge in [-0.1, -0.05) is 12.1 Å². The van der Waals surface area contributed by atoms with Crippen LogP contribution in [0.15, 0.2) is 36.5 Å². The minimum Gasteiger partial charge on any atom is -0.357 e. The van der Waals surface area contributed by atoms with E-state index < -0.39 is 0 Å². The summed E-state index contributed by atoms with van der Waals surface area (Å²) in [4.78, 5) is 7.22. The van der Waals surface area contributed by atoms with Crippen molar-refractivity contribution in [3.05, 3.63) is 47.9 Å². The SMILES string of the molecule is Fc1ccccc1-c1nn2ccc(N3CCCC3)nc2c1C1CC1. The van der Waals surface area contributed by atoms with Crippen molar-refractivity contribution in [1.29, 1.82) is 0 Å². The lowest BCUT2D eigenvalue weighted by Gasteiger charge is -2.16. The Hall–Kier alpha value is -2.43. The highest BCUT2D eigenvalue weighted by Gasteiger charge is 2.32. The average Bonchev–Trinajstić information content (AvgIpc) is 3.15. The van der Waals surface area contributed by atoms with Gasteiger partial charge in [0.05, 0.1) is 0 Å². The van der Waals surface area contributed by atoms with Gasteiger partial charge in [0.1, 0.15) is 17.3 Å². The Morgan fingerprint density at radius 1 is 1.04 bits per heavy atom. The van der Waals surface area contributed by atoms with Crippen molar-refractivity contribution in [3.63, 3.8) is 0 Å². The molecule has 122 valence electrons. The van der Waals surface area contributed by atoms with Crippen LogP contribution in [0.25, 0.3) is 16.9 Å². The zero-order chi connectivity index (χ0) is 16.1. The smallest absolute Gasteiger partial charge is 0.161 e. The zero-order valence-corrected chi connectivity index (χ0v) is 13.5. The largest absolute Gasteiger partial charge is 0.357 e. The van der Waals surface area contributed by atoms with E-state index in [9.17, 15) is 4.39 Å². The van der Waals surface area contributed by atoms with Crippen molar-refractivity contribution in [3.8, 4) is 11.3 Å². The molecule has 0 bridgehead atoms. The second kappa shape index (κ2) is 5.30. The highest BCUT2D eigenvalue weighted by atomic mass is 19.1. The van der Waals surface area contributed by atoms with Gasteiger partial charge < -0.3 is 4.90 Å². The molecule has 2 aliphatic rings. The second-order valence-corrected chi connectivity index (χ2v) is 6.76. The number of aromatic nitrogens is 3. The third-order valence-corrected chi connectivity index (χ3v) is 5.05. The molecule has 1 saturated heterocycles. The topological polar surface area (TPSA) is 33.4 Å². The molecular weight excluding hydrogens is 303 g/mol. The van der Waals surface area contributed by atoms with Crippen LogP contribution in [0.4, 0.5) is 10.2 Å². The number of fused-ring (bicyclic) bond motifs is 1. The van der Waals surface area contributed by atoms with Gasteiger partial charge in [-0.15, -0.1) is 0 Å². The van der Waals surface area contributed by atoms with Crippen LogP contribution < -0.4 is 4.90 Å². The molecule has 1 saturated carbocycles. The highest BCUT2D eigenvalue weighted by Crippen LogP contribution is 2.46. The predicted molar refractivity (Wildman–Crippen MR) is 91.8 cm³/mol. The van der Waals surface area contributed by atoms with Gasteiger partial charge >= 0.3 is 0 Å². The quantitative estimate of drug-likeness (QED) is 0.730. The van der Waals surface area contributed by atoms with Crippen LogP contribution in [0.1, 0.15) is 37.2 Å². The Morgan fingerprint density at radius 3 is 2.58 bits per heavy atom. The molecule has 5 rings (SSSR count). The van der Waals surface area contributed by atoms with Gasteiger partial charge in [0, 0.05) is 30.4 Å². The molecule has 0 radical (unpaired) electrons. The average molecular weight is 322 g/mol. The Kier molecular flexibility index (Phi) is 3.08. The summed E-state index contributed by atoms with van der Waals surface area (Å²) >= 11 is 0. The Balaban J connectivity index is 1.70. The molecule has 24 heavy (non-hydrogen) atoms. The first kappa shape index (κ1) is 14.0. The van der Waals surface area contributed by atoms with Crippen LogP contribution in [0.3, 0.4) is 0 Å². The molecule has 0 unspecified atom stereocenters. The zero-order valence-electron chi connectivity index (χ0n) is 13.5. The van der Waals surface area contributed by atoms with E-state index in [0.717, 1.165) is 48.7 Å². The molecule has 3 aromatic rings. The molecule has 0 amide bonds. The number of rotatable bonds is 3. The first-order valence-electron chi connectivity index (χ1n) is 8.70. The summed E-state index contributed by atoms with van der Waals surface area (Å²) in [6.45, 7) is 2.13. The van der Waals surface area contributed by atoms with Gasteiger partial charge in [0.25, 0.3) is 0 Å². The number of hydrogen-bond acceptors (Lipinski definition) is 3. The molecule has 0 N–H and O–H groups in total. The maximum Gasteiger partial charge on any atom is 0.161 e. The minimum absolute atomic E-state index is 0.220. The van der Waals surface area contributed by atoms with E-state index >= 15 is 0 Å². The fourth-order valence-electron chi connectivity index (χ4n) is 3.66. The number of anilines is 1. The van der Waals surface area contributed by atoms with Crippen LogP contribution in [0.2, 0.25) is 0 Å². The summed E-state index contributed by atoms with van der Waals surface area (Å²) in [5, 5.41) is 4.67. The lowest BCUT2D eigenvalue weighted by atomic mass is 10.0. The molecule has 0 atom stereocenters. The maximum absolute atomic E-state index is 14.3. The molecule has 1 aliphatic carbocycles. The van der Waals surface area contributed by atoms with E-state index in [0.29, 0.717) is 11.5 Å². The molecule has 4 nitrogen and oxygen atoms in total. The van der Waals surface area contributed by atoms with Crippen molar-refractivity contribution >= 4 is 11.5 Å². The predicted octanol–water partition coefficient (Wildman–Crippen LogP) is 4.01. The van der Waals surface area contributed by atoms with Crippen molar-refractivity contribution < 1.29 is 4.39 Å². The van der Waals surface area contributed by atoms with Crippen LogP contribution in [-0.2, 0) is 0 Å². The summed E-state index contributed by atoms with van der Waals surface area (Å²) in [6.07, 6.45) is 6.69. The van der Waals surface area contributed by atoms with Gasteiger partial charge in [-0.25, -0.2) is 13.9 Å². The summed E-state index contributed by atoms with van der Waals surface area (Å²) in [7, 11) is 0. The second-order valence-electron chi connectivity index (χ2n) is 6.76. The molecule has 1 aliphatic heterocycles. The van der Waals surface area contributed by atoms with Crippen molar-refractivity contribution in [2.24, 2.45) is 0 Å². The normalized spacial score (nSPS) is 17.8. The molecule has 1 aromatic carbocycles. The fraction of sp³-hybridized carbons (Fsp3) is 0.368. The minimum atomic E-state index is -0.220. The van der Waals surface area contributed by atoms with E-state index in [1.54, 1.807) is 6.07 Å². The Morgan fingerprint density at radius 2 is 1.83 bits per heavy atom. The standard InChI is InChI=1S/C19H19FN4/c20-15-6-2-1-5-14(15)18-17(13-7-8-13)19-21-16(9-12-24(19)22-18)23-10-3-4-11-23/h1-2,5-6,9,12-13H,3-4,7-8,10-11H2. The Bertz CT molecular complexity index is 907. The summed E-state index contributed by atoms with van der Waals surface area (Å²) in [5.41, 5.74) is 3.33. The van der Waals surface area contributed by atoms with E-state index in [-0.39, 0.29) is 5.82 Å². The van der Waals surface area contributed by atoms with Crippen LogP contribution in [0, 0.1) is 5.82 Å². The molecule has 2 aromatic heterocycles.